The van der Waals surface area contributed by atoms with Gasteiger partial charge >= 0.3 is 0 Å². The molecule has 0 unspecified atom stereocenters. The summed E-state index contributed by atoms with van der Waals surface area (Å²) < 4.78 is 12.2. The lowest BCUT2D eigenvalue weighted by atomic mass is 10.1. The molecule has 4 nitrogen and oxygen atoms in total. The van der Waals surface area contributed by atoms with E-state index in [1.54, 1.807) is 0 Å². The van der Waals surface area contributed by atoms with Crippen LogP contribution in [-0.2, 0) is 22.6 Å². The standard InChI is InChI=1S/C19H24N2O2S/c1-14-5-6-16(24-14)12-21-10-11-22-19-17(21)7-8-18(19)23-13-15-4-2-3-9-20-15/h2-6,9,17-19H,7-8,10-13H2,1H3/t17-,18-,19+/m0/s1. The maximum atomic E-state index is 6.15. The van der Waals surface area contributed by atoms with E-state index in [1.165, 1.54) is 9.75 Å². The largest absolute Gasteiger partial charge is 0.373 e. The second-order valence-corrected chi connectivity index (χ2v) is 8.01. The Morgan fingerprint density at radius 3 is 3.04 bits per heavy atom. The monoisotopic (exact) mass is 344 g/mol. The third-order valence-corrected chi connectivity index (χ3v) is 5.96. The highest BCUT2D eigenvalue weighted by Gasteiger charge is 2.43. The molecule has 3 atom stereocenters. The van der Waals surface area contributed by atoms with Crippen LogP contribution in [0.15, 0.2) is 36.5 Å². The third-order valence-electron chi connectivity index (χ3n) is 4.98. The Labute approximate surface area is 147 Å². The second kappa shape index (κ2) is 7.31. The van der Waals surface area contributed by atoms with Crippen molar-refractivity contribution in [1.82, 2.24) is 9.88 Å². The molecule has 24 heavy (non-hydrogen) atoms. The molecule has 3 heterocycles. The molecular formula is C19H24N2O2S. The van der Waals surface area contributed by atoms with Crippen molar-refractivity contribution in [3.8, 4) is 0 Å². The van der Waals surface area contributed by atoms with Crippen LogP contribution in [0, 0.1) is 6.92 Å². The second-order valence-electron chi connectivity index (χ2n) is 6.63. The van der Waals surface area contributed by atoms with Crippen LogP contribution in [0.4, 0.5) is 0 Å². The first kappa shape index (κ1) is 16.2. The molecule has 0 aromatic carbocycles. The van der Waals surface area contributed by atoms with E-state index in [-0.39, 0.29) is 12.2 Å². The molecule has 4 rings (SSSR count). The number of pyridine rings is 1. The van der Waals surface area contributed by atoms with Crippen LogP contribution in [0.2, 0.25) is 0 Å². The summed E-state index contributed by atoms with van der Waals surface area (Å²) in [5, 5.41) is 0. The van der Waals surface area contributed by atoms with Gasteiger partial charge in [-0.2, -0.15) is 0 Å². The van der Waals surface area contributed by atoms with E-state index < -0.39 is 0 Å². The first-order valence-electron chi connectivity index (χ1n) is 8.72. The van der Waals surface area contributed by atoms with Crippen molar-refractivity contribution in [2.75, 3.05) is 13.2 Å². The summed E-state index contributed by atoms with van der Waals surface area (Å²) in [5.74, 6) is 0. The van der Waals surface area contributed by atoms with E-state index in [9.17, 15) is 0 Å². The molecule has 1 aliphatic heterocycles. The average Bonchev–Trinajstić information content (AvgIpc) is 3.21. The van der Waals surface area contributed by atoms with Crippen molar-refractivity contribution in [2.24, 2.45) is 0 Å². The molecule has 2 aromatic rings. The van der Waals surface area contributed by atoms with Crippen LogP contribution < -0.4 is 0 Å². The van der Waals surface area contributed by atoms with Gasteiger partial charge in [0, 0.05) is 35.1 Å². The Hall–Kier alpha value is -1.27. The van der Waals surface area contributed by atoms with Crippen molar-refractivity contribution < 1.29 is 9.47 Å². The van der Waals surface area contributed by atoms with Gasteiger partial charge in [0.1, 0.15) is 0 Å². The zero-order valence-corrected chi connectivity index (χ0v) is 14.9. The van der Waals surface area contributed by atoms with Crippen LogP contribution >= 0.6 is 11.3 Å². The molecule has 0 amide bonds. The number of hydrogen-bond acceptors (Lipinski definition) is 5. The Morgan fingerprint density at radius 2 is 2.25 bits per heavy atom. The van der Waals surface area contributed by atoms with E-state index >= 15 is 0 Å². The smallest absolute Gasteiger partial charge is 0.0992 e. The zero-order chi connectivity index (χ0) is 16.4. The number of morpholine rings is 1. The van der Waals surface area contributed by atoms with E-state index in [2.05, 4.69) is 28.9 Å². The van der Waals surface area contributed by atoms with Gasteiger partial charge < -0.3 is 9.47 Å². The fraction of sp³-hybridized carbons (Fsp3) is 0.526. The van der Waals surface area contributed by atoms with E-state index in [0.717, 1.165) is 38.2 Å². The summed E-state index contributed by atoms with van der Waals surface area (Å²) in [4.78, 5) is 9.77. The van der Waals surface area contributed by atoms with E-state index in [1.807, 2.05) is 35.7 Å². The maximum Gasteiger partial charge on any atom is 0.0992 e. The molecule has 2 aliphatic rings. The fourth-order valence-electron chi connectivity index (χ4n) is 3.81. The summed E-state index contributed by atoms with van der Waals surface area (Å²) >= 11 is 1.90. The molecule has 0 radical (unpaired) electrons. The number of fused-ring (bicyclic) bond motifs is 1. The van der Waals surface area contributed by atoms with Gasteiger partial charge in [-0.15, -0.1) is 11.3 Å². The van der Waals surface area contributed by atoms with E-state index in [0.29, 0.717) is 12.6 Å². The number of nitrogens with zero attached hydrogens (tertiary/aromatic N) is 2. The van der Waals surface area contributed by atoms with E-state index in [4.69, 9.17) is 9.47 Å². The van der Waals surface area contributed by atoms with Crippen LogP contribution in [0.5, 0.6) is 0 Å². The van der Waals surface area contributed by atoms with Gasteiger partial charge in [-0.3, -0.25) is 9.88 Å². The quantitative estimate of drug-likeness (QED) is 0.833. The number of thiophene rings is 1. The summed E-state index contributed by atoms with van der Waals surface area (Å²) in [6, 6.07) is 10.9. The lowest BCUT2D eigenvalue weighted by Gasteiger charge is -2.38. The van der Waals surface area contributed by atoms with Gasteiger partial charge in [-0.1, -0.05) is 6.07 Å². The van der Waals surface area contributed by atoms with Crippen molar-refractivity contribution >= 4 is 11.3 Å². The van der Waals surface area contributed by atoms with Crippen molar-refractivity contribution in [3.63, 3.8) is 0 Å². The number of rotatable bonds is 5. The Kier molecular flexibility index (Phi) is 4.94. The highest BCUT2D eigenvalue weighted by atomic mass is 32.1. The molecular weight excluding hydrogens is 320 g/mol. The molecule has 2 fully saturated rings. The lowest BCUT2D eigenvalue weighted by Crippen LogP contribution is -2.51. The highest BCUT2D eigenvalue weighted by Crippen LogP contribution is 2.34. The zero-order valence-electron chi connectivity index (χ0n) is 14.1. The van der Waals surface area contributed by atoms with Crippen molar-refractivity contribution in [1.29, 1.82) is 0 Å². The minimum atomic E-state index is 0.185. The maximum absolute atomic E-state index is 6.15. The first-order chi connectivity index (χ1) is 11.8. The minimum Gasteiger partial charge on any atom is -0.373 e. The normalized spacial score (nSPS) is 27.3. The summed E-state index contributed by atoms with van der Waals surface area (Å²) in [6.07, 6.45) is 4.43. The Morgan fingerprint density at radius 1 is 1.29 bits per heavy atom. The highest BCUT2D eigenvalue weighted by molar-refractivity contribution is 7.11. The molecule has 5 heteroatoms. The van der Waals surface area contributed by atoms with Gasteiger partial charge in [0.15, 0.2) is 0 Å². The first-order valence-corrected chi connectivity index (χ1v) is 9.54. The van der Waals surface area contributed by atoms with Crippen molar-refractivity contribution in [2.45, 2.75) is 51.2 Å². The number of aryl methyl sites for hydroxylation is 1. The SMILES string of the molecule is Cc1ccc(CN2CCO[C@H]3[C@@H](OCc4ccccn4)CC[C@@H]32)s1. The number of hydrogen-bond donors (Lipinski definition) is 0. The van der Waals surface area contributed by atoms with Crippen LogP contribution in [0.3, 0.4) is 0 Å². The van der Waals surface area contributed by atoms with Gasteiger partial charge in [0.2, 0.25) is 0 Å². The van der Waals surface area contributed by atoms with Gasteiger partial charge in [0.05, 0.1) is 31.1 Å². The lowest BCUT2D eigenvalue weighted by molar-refractivity contribution is -0.118. The Balaban J connectivity index is 1.37. The molecule has 1 saturated heterocycles. The molecule has 0 bridgehead atoms. The summed E-state index contributed by atoms with van der Waals surface area (Å²) in [6.45, 7) is 5.60. The molecule has 2 aromatic heterocycles. The van der Waals surface area contributed by atoms with Crippen LogP contribution in [0.1, 0.15) is 28.3 Å². The van der Waals surface area contributed by atoms with Crippen molar-refractivity contribution in [3.05, 3.63) is 52.0 Å². The third kappa shape index (κ3) is 3.54. The van der Waals surface area contributed by atoms with Crippen LogP contribution in [0.25, 0.3) is 0 Å². The van der Waals surface area contributed by atoms with Crippen LogP contribution in [-0.4, -0.2) is 41.3 Å². The molecule has 1 aliphatic carbocycles. The Bertz CT molecular complexity index is 660. The minimum absolute atomic E-state index is 0.185. The molecule has 0 spiro atoms. The molecule has 0 N–H and O–H groups in total. The fourth-order valence-corrected chi connectivity index (χ4v) is 4.73. The van der Waals surface area contributed by atoms with Gasteiger partial charge in [0.25, 0.3) is 0 Å². The topological polar surface area (TPSA) is 34.6 Å². The predicted octanol–water partition coefficient (Wildman–Crippen LogP) is 3.40. The molecule has 128 valence electrons. The van der Waals surface area contributed by atoms with Gasteiger partial charge in [-0.25, -0.2) is 0 Å². The average molecular weight is 344 g/mol. The number of ether oxygens (including phenoxy) is 2. The number of aromatic nitrogens is 1. The summed E-state index contributed by atoms with van der Waals surface area (Å²) in [5.41, 5.74) is 0.989. The van der Waals surface area contributed by atoms with Gasteiger partial charge in [-0.05, 0) is 44.0 Å². The predicted molar refractivity (Wildman–Crippen MR) is 95.0 cm³/mol. The summed E-state index contributed by atoms with van der Waals surface area (Å²) in [7, 11) is 0. The molecule has 1 saturated carbocycles.